The molecule has 2 heterocycles. The van der Waals surface area contributed by atoms with Gasteiger partial charge in [0.2, 0.25) is 5.91 Å². The Balaban J connectivity index is 1.44. The molecule has 0 bridgehead atoms. The number of ether oxygens (including phenoxy) is 1. The quantitative estimate of drug-likeness (QED) is 0.531. The monoisotopic (exact) mass is 462 g/mol. The van der Waals surface area contributed by atoms with Gasteiger partial charge in [0.15, 0.2) is 5.82 Å². The molecule has 0 saturated carbocycles. The lowest BCUT2D eigenvalue weighted by Gasteiger charge is -2.34. The molecular formula is C26H30N4O2S. The summed E-state index contributed by atoms with van der Waals surface area (Å²) in [5.41, 5.74) is 2.26. The summed E-state index contributed by atoms with van der Waals surface area (Å²) in [6.07, 6.45) is 5.26. The van der Waals surface area contributed by atoms with Gasteiger partial charge in [-0.15, -0.1) is 0 Å². The van der Waals surface area contributed by atoms with Gasteiger partial charge < -0.3 is 15.0 Å². The molecule has 172 valence electrons. The van der Waals surface area contributed by atoms with Gasteiger partial charge in [-0.25, -0.2) is 9.97 Å². The lowest BCUT2D eigenvalue weighted by Crippen LogP contribution is -2.44. The molecule has 2 aromatic carbocycles. The maximum absolute atomic E-state index is 13.1. The van der Waals surface area contributed by atoms with E-state index in [2.05, 4.69) is 51.4 Å². The lowest BCUT2D eigenvalue weighted by atomic mass is 9.96. The highest BCUT2D eigenvalue weighted by atomic mass is 32.2. The number of hydrogen-bond donors (Lipinski definition) is 1. The molecule has 1 aliphatic rings. The van der Waals surface area contributed by atoms with E-state index in [9.17, 15) is 4.79 Å². The number of piperidine rings is 1. The van der Waals surface area contributed by atoms with Crippen molar-refractivity contribution in [3.05, 3.63) is 72.1 Å². The van der Waals surface area contributed by atoms with E-state index in [4.69, 9.17) is 4.74 Å². The van der Waals surface area contributed by atoms with E-state index in [0.29, 0.717) is 6.54 Å². The fourth-order valence-corrected chi connectivity index (χ4v) is 4.92. The lowest BCUT2D eigenvalue weighted by molar-refractivity contribution is -0.125. The van der Waals surface area contributed by atoms with Crippen LogP contribution in [0.5, 0.6) is 5.75 Å². The molecule has 4 rings (SSSR count). The van der Waals surface area contributed by atoms with E-state index in [-0.39, 0.29) is 17.9 Å². The molecule has 3 aromatic rings. The molecule has 0 radical (unpaired) electrons. The fourth-order valence-electron chi connectivity index (χ4n) is 4.03. The van der Waals surface area contributed by atoms with Gasteiger partial charge in [-0.2, -0.15) is 0 Å². The molecular weight excluding hydrogens is 432 g/mol. The Kier molecular flexibility index (Phi) is 7.50. The molecule has 0 aliphatic carbocycles. The van der Waals surface area contributed by atoms with Gasteiger partial charge in [-0.1, -0.05) is 41.6 Å². The second kappa shape index (κ2) is 10.7. The summed E-state index contributed by atoms with van der Waals surface area (Å²) in [6, 6.07) is 16.1. The number of carbonyl (C=O) groups is 1. The van der Waals surface area contributed by atoms with Gasteiger partial charge in [-0.3, -0.25) is 4.79 Å². The Bertz CT molecular complexity index is 1090. The normalized spacial score (nSPS) is 16.8. The molecule has 1 amide bonds. The fraction of sp³-hybridized carbons (Fsp3) is 0.346. The first-order valence-corrected chi connectivity index (χ1v) is 12.1. The Labute approximate surface area is 199 Å². The summed E-state index contributed by atoms with van der Waals surface area (Å²) >= 11 is 1.61. The Morgan fingerprint density at radius 3 is 2.76 bits per heavy atom. The van der Waals surface area contributed by atoms with E-state index < -0.39 is 0 Å². The van der Waals surface area contributed by atoms with E-state index in [1.807, 2.05) is 31.2 Å². The minimum Gasteiger partial charge on any atom is -0.497 e. The van der Waals surface area contributed by atoms with Crippen molar-refractivity contribution < 1.29 is 9.53 Å². The SMILES string of the molecule is COc1cccc(C(C)NC(=O)C2CCCN(c3nccnc3Sc3ccc(C)cc3)C2)c1. The van der Waals surface area contributed by atoms with Crippen LogP contribution in [0.2, 0.25) is 0 Å². The van der Waals surface area contributed by atoms with E-state index >= 15 is 0 Å². The molecule has 6 nitrogen and oxygen atoms in total. The number of aryl methyl sites for hydroxylation is 1. The van der Waals surface area contributed by atoms with Gasteiger partial charge in [0.1, 0.15) is 10.8 Å². The number of nitrogens with zero attached hydrogens (tertiary/aromatic N) is 3. The number of rotatable bonds is 7. The van der Waals surface area contributed by atoms with Gasteiger partial charge in [-0.05, 0) is 56.5 Å². The maximum atomic E-state index is 13.1. The third-order valence-electron chi connectivity index (χ3n) is 5.93. The maximum Gasteiger partial charge on any atom is 0.225 e. The van der Waals surface area contributed by atoms with Crippen molar-refractivity contribution in [2.75, 3.05) is 25.1 Å². The van der Waals surface area contributed by atoms with Crippen LogP contribution in [-0.2, 0) is 4.79 Å². The Morgan fingerprint density at radius 1 is 1.18 bits per heavy atom. The molecule has 2 unspecified atom stereocenters. The topological polar surface area (TPSA) is 67.3 Å². The molecule has 0 spiro atoms. The van der Waals surface area contributed by atoms with Crippen LogP contribution in [-0.4, -0.2) is 36.1 Å². The average Bonchev–Trinajstić information content (AvgIpc) is 2.86. The van der Waals surface area contributed by atoms with E-state index in [0.717, 1.165) is 46.4 Å². The van der Waals surface area contributed by atoms with E-state index in [1.165, 1.54) is 5.56 Å². The minimum absolute atomic E-state index is 0.0756. The van der Waals surface area contributed by atoms with Crippen LogP contribution >= 0.6 is 11.8 Å². The molecule has 1 saturated heterocycles. The van der Waals surface area contributed by atoms with Crippen molar-refractivity contribution in [1.29, 1.82) is 0 Å². The van der Waals surface area contributed by atoms with Crippen LogP contribution in [0, 0.1) is 12.8 Å². The zero-order valence-corrected chi connectivity index (χ0v) is 20.1. The van der Waals surface area contributed by atoms with Crippen molar-refractivity contribution in [3.63, 3.8) is 0 Å². The second-order valence-electron chi connectivity index (χ2n) is 8.39. The number of carbonyl (C=O) groups excluding carboxylic acids is 1. The standard InChI is InChI=1S/C26H30N4O2S/c1-18-9-11-23(12-10-18)33-26-24(27-13-14-28-26)30-15-5-7-21(17-30)25(31)29-19(2)20-6-4-8-22(16-20)32-3/h4,6,8-14,16,19,21H,5,7,15,17H2,1-3H3,(H,29,31). The molecule has 2 atom stereocenters. The summed E-state index contributed by atoms with van der Waals surface area (Å²) in [4.78, 5) is 25.7. The first-order chi connectivity index (χ1) is 16.0. The van der Waals surface area contributed by atoms with Gasteiger partial charge in [0.05, 0.1) is 19.1 Å². The summed E-state index contributed by atoms with van der Waals surface area (Å²) in [5.74, 6) is 1.62. The summed E-state index contributed by atoms with van der Waals surface area (Å²) < 4.78 is 5.31. The zero-order valence-electron chi connectivity index (χ0n) is 19.3. The van der Waals surface area contributed by atoms with Crippen LogP contribution in [0.4, 0.5) is 5.82 Å². The van der Waals surface area contributed by atoms with Gasteiger partial charge in [0.25, 0.3) is 0 Å². The predicted molar refractivity (Wildman–Crippen MR) is 132 cm³/mol. The van der Waals surface area contributed by atoms with Crippen LogP contribution < -0.4 is 15.0 Å². The van der Waals surface area contributed by atoms with Crippen LogP contribution in [0.3, 0.4) is 0 Å². The molecule has 1 aromatic heterocycles. The first kappa shape index (κ1) is 23.1. The summed E-state index contributed by atoms with van der Waals surface area (Å²) in [6.45, 7) is 5.59. The summed E-state index contributed by atoms with van der Waals surface area (Å²) in [5, 5.41) is 4.05. The number of benzene rings is 2. The Morgan fingerprint density at radius 2 is 1.97 bits per heavy atom. The highest BCUT2D eigenvalue weighted by Gasteiger charge is 2.29. The van der Waals surface area contributed by atoms with Crippen LogP contribution in [0.25, 0.3) is 0 Å². The predicted octanol–water partition coefficient (Wildman–Crippen LogP) is 5.04. The highest BCUT2D eigenvalue weighted by Crippen LogP contribution is 2.34. The number of methoxy groups -OCH3 is 1. The van der Waals surface area contributed by atoms with Crippen molar-refractivity contribution in [2.24, 2.45) is 5.92 Å². The third-order valence-corrected chi connectivity index (χ3v) is 6.92. The number of aromatic nitrogens is 2. The number of nitrogens with one attached hydrogen (secondary N) is 1. The number of hydrogen-bond acceptors (Lipinski definition) is 6. The van der Waals surface area contributed by atoms with Crippen molar-refractivity contribution in [1.82, 2.24) is 15.3 Å². The molecule has 33 heavy (non-hydrogen) atoms. The minimum atomic E-state index is -0.0916. The average molecular weight is 463 g/mol. The molecule has 1 fully saturated rings. The Hall–Kier alpha value is -3.06. The third kappa shape index (κ3) is 5.85. The molecule has 7 heteroatoms. The number of anilines is 1. The number of amides is 1. The van der Waals surface area contributed by atoms with Crippen molar-refractivity contribution >= 4 is 23.5 Å². The molecule has 1 N–H and O–H groups in total. The van der Waals surface area contributed by atoms with Gasteiger partial charge >= 0.3 is 0 Å². The second-order valence-corrected chi connectivity index (χ2v) is 9.45. The van der Waals surface area contributed by atoms with Crippen molar-refractivity contribution in [3.8, 4) is 5.75 Å². The smallest absolute Gasteiger partial charge is 0.225 e. The highest BCUT2D eigenvalue weighted by molar-refractivity contribution is 7.99. The summed E-state index contributed by atoms with van der Waals surface area (Å²) in [7, 11) is 1.65. The van der Waals surface area contributed by atoms with Gasteiger partial charge in [0, 0.05) is 30.4 Å². The van der Waals surface area contributed by atoms with Crippen LogP contribution in [0.1, 0.15) is 36.9 Å². The first-order valence-electron chi connectivity index (χ1n) is 11.3. The largest absolute Gasteiger partial charge is 0.497 e. The molecule has 1 aliphatic heterocycles. The van der Waals surface area contributed by atoms with Crippen molar-refractivity contribution in [2.45, 2.75) is 42.7 Å². The zero-order chi connectivity index (χ0) is 23.2. The van der Waals surface area contributed by atoms with Crippen LogP contribution in [0.15, 0.2) is 70.8 Å². The van der Waals surface area contributed by atoms with E-state index in [1.54, 1.807) is 31.3 Å².